The second kappa shape index (κ2) is 8.19. The van der Waals surface area contributed by atoms with E-state index in [1.165, 1.54) is 16.4 Å². The molecule has 1 fully saturated rings. The van der Waals surface area contributed by atoms with Gasteiger partial charge >= 0.3 is 0 Å². The van der Waals surface area contributed by atoms with Crippen molar-refractivity contribution in [3.05, 3.63) is 71.0 Å². The van der Waals surface area contributed by atoms with Crippen LogP contribution in [-0.4, -0.2) is 31.7 Å². The summed E-state index contributed by atoms with van der Waals surface area (Å²) >= 11 is 0. The summed E-state index contributed by atoms with van der Waals surface area (Å²) in [7, 11) is -3.30. The van der Waals surface area contributed by atoms with Crippen molar-refractivity contribution in [2.75, 3.05) is 13.1 Å². The van der Waals surface area contributed by atoms with E-state index in [0.717, 1.165) is 18.4 Å². The summed E-state index contributed by atoms with van der Waals surface area (Å²) in [4.78, 5) is 12.4. The molecule has 2 aromatic carbocycles. The number of carbonyl (C=O) groups excluding carboxylic acids is 1. The van der Waals surface area contributed by atoms with E-state index in [4.69, 9.17) is 0 Å². The zero-order chi connectivity index (χ0) is 19.4. The number of hydrogen-bond acceptors (Lipinski definition) is 3. The van der Waals surface area contributed by atoms with Gasteiger partial charge in [-0.1, -0.05) is 24.3 Å². The molecule has 0 aromatic heterocycles. The van der Waals surface area contributed by atoms with Crippen molar-refractivity contribution in [1.82, 2.24) is 9.62 Å². The van der Waals surface area contributed by atoms with Crippen molar-refractivity contribution in [2.45, 2.75) is 31.6 Å². The standard InChI is InChI=1S/C20H23FN2O3S/c1-15(17-8-10-19(21)11-9-17)22-20(24)18-6-4-16(5-7-18)14-27(25,26)23-12-2-3-13-23/h4-11,15H,2-3,12-14H2,1H3,(H,22,24)/t15-/m0/s1. The molecule has 0 spiro atoms. The van der Waals surface area contributed by atoms with E-state index in [1.54, 1.807) is 36.4 Å². The molecule has 27 heavy (non-hydrogen) atoms. The number of amides is 1. The van der Waals surface area contributed by atoms with Crippen molar-refractivity contribution < 1.29 is 17.6 Å². The fourth-order valence-electron chi connectivity index (χ4n) is 3.14. The Morgan fingerprint density at radius 2 is 1.67 bits per heavy atom. The maximum Gasteiger partial charge on any atom is 0.251 e. The second-order valence-electron chi connectivity index (χ2n) is 6.81. The van der Waals surface area contributed by atoms with Crippen LogP contribution in [0.1, 0.15) is 47.3 Å². The topological polar surface area (TPSA) is 66.5 Å². The number of carbonyl (C=O) groups is 1. The summed E-state index contributed by atoms with van der Waals surface area (Å²) in [5, 5.41) is 2.86. The Balaban J connectivity index is 1.62. The lowest BCUT2D eigenvalue weighted by Crippen LogP contribution is -2.29. The first-order chi connectivity index (χ1) is 12.8. The first-order valence-corrected chi connectivity index (χ1v) is 10.6. The zero-order valence-corrected chi connectivity index (χ0v) is 16.0. The molecule has 0 aliphatic carbocycles. The monoisotopic (exact) mass is 390 g/mol. The first kappa shape index (κ1) is 19.5. The van der Waals surface area contributed by atoms with Crippen LogP contribution in [0.15, 0.2) is 48.5 Å². The predicted octanol–water partition coefficient (Wildman–Crippen LogP) is 3.24. The minimum atomic E-state index is -3.30. The highest BCUT2D eigenvalue weighted by atomic mass is 32.2. The highest BCUT2D eigenvalue weighted by molar-refractivity contribution is 7.88. The van der Waals surface area contributed by atoms with Crippen LogP contribution >= 0.6 is 0 Å². The Labute approximate surface area is 159 Å². The van der Waals surface area contributed by atoms with Crippen molar-refractivity contribution in [2.24, 2.45) is 0 Å². The van der Waals surface area contributed by atoms with Crippen molar-refractivity contribution in [3.8, 4) is 0 Å². The van der Waals surface area contributed by atoms with Gasteiger partial charge in [0.1, 0.15) is 5.82 Å². The van der Waals surface area contributed by atoms with Gasteiger partial charge in [-0.25, -0.2) is 17.1 Å². The van der Waals surface area contributed by atoms with Crippen LogP contribution in [-0.2, 0) is 15.8 Å². The third-order valence-electron chi connectivity index (χ3n) is 4.74. The van der Waals surface area contributed by atoms with Gasteiger partial charge in [-0.2, -0.15) is 0 Å². The number of sulfonamides is 1. The normalized spacial score (nSPS) is 16.2. The molecule has 3 rings (SSSR count). The fourth-order valence-corrected chi connectivity index (χ4v) is 4.75. The molecule has 2 aromatic rings. The molecule has 0 radical (unpaired) electrons. The van der Waals surface area contributed by atoms with Gasteiger partial charge in [-0.3, -0.25) is 4.79 Å². The van der Waals surface area contributed by atoms with E-state index < -0.39 is 10.0 Å². The molecule has 5 nitrogen and oxygen atoms in total. The molecule has 1 N–H and O–H groups in total. The Morgan fingerprint density at radius 1 is 1.07 bits per heavy atom. The van der Waals surface area contributed by atoms with Crippen LogP contribution in [0.4, 0.5) is 4.39 Å². The minimum absolute atomic E-state index is 0.0547. The number of rotatable bonds is 6. The molecule has 1 aliphatic rings. The van der Waals surface area contributed by atoms with E-state index in [2.05, 4.69) is 5.32 Å². The number of nitrogens with one attached hydrogen (secondary N) is 1. The van der Waals surface area contributed by atoms with Crippen molar-refractivity contribution in [1.29, 1.82) is 0 Å². The zero-order valence-electron chi connectivity index (χ0n) is 15.2. The summed E-state index contributed by atoms with van der Waals surface area (Å²) in [6.45, 7) is 3.00. The minimum Gasteiger partial charge on any atom is -0.346 e. The lowest BCUT2D eigenvalue weighted by atomic mass is 10.1. The maximum atomic E-state index is 13.0. The van der Waals surface area contributed by atoms with Crippen LogP contribution in [0.5, 0.6) is 0 Å². The SMILES string of the molecule is C[C@H](NC(=O)c1ccc(CS(=O)(=O)N2CCCC2)cc1)c1ccc(F)cc1. The van der Waals surface area contributed by atoms with Crippen LogP contribution in [0, 0.1) is 5.82 Å². The van der Waals surface area contributed by atoms with E-state index in [0.29, 0.717) is 24.2 Å². The fraction of sp³-hybridized carbons (Fsp3) is 0.350. The van der Waals surface area contributed by atoms with Gasteiger partial charge in [0.25, 0.3) is 5.91 Å². The van der Waals surface area contributed by atoms with Gasteiger partial charge in [-0.15, -0.1) is 0 Å². The molecule has 7 heteroatoms. The quantitative estimate of drug-likeness (QED) is 0.823. The third kappa shape index (κ3) is 4.93. The van der Waals surface area contributed by atoms with Crippen LogP contribution in [0.25, 0.3) is 0 Å². The van der Waals surface area contributed by atoms with Gasteiger partial charge < -0.3 is 5.32 Å². The molecule has 0 bridgehead atoms. The highest BCUT2D eigenvalue weighted by Crippen LogP contribution is 2.18. The van der Waals surface area contributed by atoms with Gasteiger partial charge in [0.15, 0.2) is 0 Å². The Kier molecular flexibility index (Phi) is 5.92. The summed E-state index contributed by atoms with van der Waals surface area (Å²) < 4.78 is 39.3. The molecule has 1 aliphatic heterocycles. The number of nitrogens with zero attached hydrogens (tertiary/aromatic N) is 1. The summed E-state index contributed by atoms with van der Waals surface area (Å²) in [5.74, 6) is -0.640. The third-order valence-corrected chi connectivity index (χ3v) is 6.59. The number of halogens is 1. The van der Waals surface area contributed by atoms with Gasteiger partial charge in [-0.05, 0) is 55.2 Å². The van der Waals surface area contributed by atoms with Crippen LogP contribution in [0.3, 0.4) is 0 Å². The summed E-state index contributed by atoms with van der Waals surface area (Å²) in [6, 6.07) is 12.3. The van der Waals surface area contributed by atoms with E-state index in [1.807, 2.05) is 6.92 Å². The molecule has 1 atom stereocenters. The lowest BCUT2D eigenvalue weighted by molar-refractivity contribution is 0.0940. The molecule has 1 heterocycles. The Morgan fingerprint density at radius 3 is 2.26 bits per heavy atom. The van der Waals surface area contributed by atoms with E-state index in [9.17, 15) is 17.6 Å². The lowest BCUT2D eigenvalue weighted by Gasteiger charge is -2.16. The molecular weight excluding hydrogens is 367 g/mol. The molecular formula is C20H23FN2O3S. The average Bonchev–Trinajstić information content (AvgIpc) is 3.18. The smallest absolute Gasteiger partial charge is 0.251 e. The van der Waals surface area contributed by atoms with Crippen molar-refractivity contribution >= 4 is 15.9 Å². The van der Waals surface area contributed by atoms with Gasteiger partial charge in [0.2, 0.25) is 10.0 Å². The molecule has 1 saturated heterocycles. The molecule has 0 unspecified atom stereocenters. The van der Waals surface area contributed by atoms with Gasteiger partial charge in [0.05, 0.1) is 11.8 Å². The average molecular weight is 390 g/mol. The molecule has 0 saturated carbocycles. The van der Waals surface area contributed by atoms with Gasteiger partial charge in [0, 0.05) is 18.7 Å². The Hall–Kier alpha value is -2.25. The number of benzene rings is 2. The molecule has 1 amide bonds. The first-order valence-electron chi connectivity index (χ1n) is 8.98. The predicted molar refractivity (Wildman–Crippen MR) is 102 cm³/mol. The van der Waals surface area contributed by atoms with Crippen LogP contribution in [0.2, 0.25) is 0 Å². The highest BCUT2D eigenvalue weighted by Gasteiger charge is 2.25. The summed E-state index contributed by atoms with van der Waals surface area (Å²) in [5.41, 5.74) is 1.91. The second-order valence-corrected chi connectivity index (χ2v) is 8.77. The van der Waals surface area contributed by atoms with E-state index >= 15 is 0 Å². The number of hydrogen-bond donors (Lipinski definition) is 1. The summed E-state index contributed by atoms with van der Waals surface area (Å²) in [6.07, 6.45) is 1.81. The largest absolute Gasteiger partial charge is 0.346 e. The Bertz CT molecular complexity index is 890. The van der Waals surface area contributed by atoms with Crippen molar-refractivity contribution in [3.63, 3.8) is 0 Å². The van der Waals surface area contributed by atoms with Crippen LogP contribution < -0.4 is 5.32 Å². The molecule has 144 valence electrons. The maximum absolute atomic E-state index is 13.0. The van der Waals surface area contributed by atoms with E-state index in [-0.39, 0.29) is 23.5 Å².